The molecule has 0 unspecified atom stereocenters. The minimum atomic E-state index is -0.144. The van der Waals surface area contributed by atoms with Crippen LogP contribution in [-0.4, -0.2) is 10.9 Å². The molecule has 1 aliphatic carbocycles. The number of benzene rings is 1. The summed E-state index contributed by atoms with van der Waals surface area (Å²) in [6, 6.07) is 5.15. The summed E-state index contributed by atoms with van der Waals surface area (Å²) in [5.74, 6) is -0.0903. The van der Waals surface area contributed by atoms with E-state index in [9.17, 15) is 9.90 Å². The van der Waals surface area contributed by atoms with E-state index in [0.29, 0.717) is 5.56 Å². The maximum absolute atomic E-state index is 12.3. The third-order valence-electron chi connectivity index (χ3n) is 4.36. The number of rotatable bonds is 3. The van der Waals surface area contributed by atoms with E-state index in [2.05, 4.69) is 20.8 Å². The molecule has 0 saturated heterocycles. The Morgan fingerprint density at radius 1 is 1.29 bits per heavy atom. The van der Waals surface area contributed by atoms with Gasteiger partial charge in [-0.3, -0.25) is 4.79 Å². The van der Waals surface area contributed by atoms with Crippen LogP contribution in [0.1, 0.15) is 56.0 Å². The Morgan fingerprint density at radius 2 is 2.00 bits per heavy atom. The molecule has 0 heterocycles. The summed E-state index contributed by atoms with van der Waals surface area (Å²) >= 11 is 0. The number of aromatic hydroxyl groups is 1. The Kier molecular flexibility index (Phi) is 4.36. The maximum atomic E-state index is 12.3. The number of aryl methyl sites for hydroxylation is 1. The quantitative estimate of drug-likeness (QED) is 0.628. The lowest BCUT2D eigenvalue weighted by molar-refractivity contribution is 0.104. The molecule has 1 aromatic carbocycles. The van der Waals surface area contributed by atoms with Gasteiger partial charge in [0.15, 0.2) is 5.78 Å². The first-order chi connectivity index (χ1) is 9.81. The summed E-state index contributed by atoms with van der Waals surface area (Å²) in [4.78, 5) is 12.3. The predicted octanol–water partition coefficient (Wildman–Crippen LogP) is 4.97. The molecule has 0 bridgehead atoms. The normalized spacial score (nSPS) is 18.3. The second-order valence-electron chi connectivity index (χ2n) is 6.65. The standard InChI is InChI=1S/C19H24O2/c1-13-7-8-15(18(21)12-13)17(20)10-9-16-14(2)6-5-11-19(16,3)4/h7-10,12,21H,5-6,11H2,1-4H3/b10-9+. The van der Waals surface area contributed by atoms with E-state index in [1.54, 1.807) is 18.2 Å². The van der Waals surface area contributed by atoms with Crippen molar-refractivity contribution in [2.75, 3.05) is 0 Å². The largest absolute Gasteiger partial charge is 0.507 e. The van der Waals surface area contributed by atoms with Crippen LogP contribution < -0.4 is 0 Å². The van der Waals surface area contributed by atoms with E-state index in [4.69, 9.17) is 0 Å². The lowest BCUT2D eigenvalue weighted by Gasteiger charge is -2.32. The van der Waals surface area contributed by atoms with E-state index >= 15 is 0 Å². The van der Waals surface area contributed by atoms with Crippen LogP contribution in [0.25, 0.3) is 0 Å². The first kappa shape index (κ1) is 15.6. The fourth-order valence-corrected chi connectivity index (χ4v) is 3.11. The topological polar surface area (TPSA) is 37.3 Å². The van der Waals surface area contributed by atoms with Crippen molar-refractivity contribution in [3.05, 3.63) is 52.6 Å². The third kappa shape index (κ3) is 3.44. The van der Waals surface area contributed by atoms with Gasteiger partial charge in [0.2, 0.25) is 0 Å². The third-order valence-corrected chi connectivity index (χ3v) is 4.36. The van der Waals surface area contributed by atoms with Gasteiger partial charge >= 0.3 is 0 Å². The molecule has 0 radical (unpaired) electrons. The highest BCUT2D eigenvalue weighted by molar-refractivity contribution is 6.06. The molecular formula is C19H24O2. The SMILES string of the molecule is CC1=C(/C=C/C(=O)c2ccc(C)cc2O)C(C)(C)CCC1. The second-order valence-corrected chi connectivity index (χ2v) is 6.65. The van der Waals surface area contributed by atoms with Gasteiger partial charge in [0.05, 0.1) is 5.56 Å². The smallest absolute Gasteiger partial charge is 0.189 e. The molecule has 0 amide bonds. The second kappa shape index (κ2) is 5.88. The van der Waals surface area contributed by atoms with Gasteiger partial charge in [-0.05, 0) is 67.9 Å². The van der Waals surface area contributed by atoms with Crippen LogP contribution >= 0.6 is 0 Å². The monoisotopic (exact) mass is 284 g/mol. The number of hydrogen-bond donors (Lipinski definition) is 1. The molecule has 1 aliphatic rings. The van der Waals surface area contributed by atoms with Gasteiger partial charge in [-0.2, -0.15) is 0 Å². The van der Waals surface area contributed by atoms with Gasteiger partial charge in [0.1, 0.15) is 5.75 Å². The van der Waals surface area contributed by atoms with Crippen molar-refractivity contribution in [1.29, 1.82) is 0 Å². The highest BCUT2D eigenvalue weighted by Crippen LogP contribution is 2.40. The minimum Gasteiger partial charge on any atom is -0.507 e. The Bertz CT molecular complexity index is 618. The van der Waals surface area contributed by atoms with Gasteiger partial charge < -0.3 is 5.11 Å². The fraction of sp³-hybridized carbons (Fsp3) is 0.421. The van der Waals surface area contributed by atoms with Crippen LogP contribution in [0.4, 0.5) is 0 Å². The number of carbonyl (C=O) groups excluding carboxylic acids is 1. The Morgan fingerprint density at radius 3 is 2.62 bits per heavy atom. The molecule has 1 aromatic rings. The van der Waals surface area contributed by atoms with Crippen LogP contribution in [0, 0.1) is 12.3 Å². The first-order valence-electron chi connectivity index (χ1n) is 7.53. The highest BCUT2D eigenvalue weighted by atomic mass is 16.3. The van der Waals surface area contributed by atoms with Crippen LogP contribution in [0.5, 0.6) is 5.75 Å². The molecule has 0 fully saturated rings. The zero-order valence-electron chi connectivity index (χ0n) is 13.4. The zero-order chi connectivity index (χ0) is 15.6. The van der Waals surface area contributed by atoms with E-state index in [0.717, 1.165) is 18.4 Å². The number of phenolic OH excluding ortho intramolecular Hbond substituents is 1. The summed E-state index contributed by atoms with van der Waals surface area (Å²) in [5.41, 5.74) is 4.05. The van der Waals surface area contributed by atoms with E-state index < -0.39 is 0 Å². The van der Waals surface area contributed by atoms with E-state index in [1.807, 2.05) is 19.1 Å². The van der Waals surface area contributed by atoms with Crippen molar-refractivity contribution in [1.82, 2.24) is 0 Å². The van der Waals surface area contributed by atoms with Gasteiger partial charge in [-0.1, -0.05) is 31.6 Å². The van der Waals surface area contributed by atoms with Crippen LogP contribution in [0.2, 0.25) is 0 Å². The van der Waals surface area contributed by atoms with Crippen molar-refractivity contribution >= 4 is 5.78 Å². The molecule has 2 heteroatoms. The molecule has 1 N–H and O–H groups in total. The molecule has 2 nitrogen and oxygen atoms in total. The molecule has 2 rings (SSSR count). The van der Waals surface area contributed by atoms with Gasteiger partial charge in [-0.15, -0.1) is 0 Å². The van der Waals surface area contributed by atoms with Gasteiger partial charge in [0, 0.05) is 0 Å². The van der Waals surface area contributed by atoms with Crippen molar-refractivity contribution in [2.24, 2.45) is 5.41 Å². The van der Waals surface area contributed by atoms with Crippen LogP contribution in [-0.2, 0) is 0 Å². The Labute approximate surface area is 127 Å². The Balaban J connectivity index is 2.26. The van der Waals surface area contributed by atoms with Crippen molar-refractivity contribution in [2.45, 2.75) is 47.0 Å². The maximum Gasteiger partial charge on any atom is 0.189 e. The molecule has 0 aliphatic heterocycles. The molecule has 21 heavy (non-hydrogen) atoms. The van der Waals surface area contributed by atoms with E-state index in [-0.39, 0.29) is 16.9 Å². The summed E-state index contributed by atoms with van der Waals surface area (Å²) < 4.78 is 0. The molecule has 0 saturated carbocycles. The van der Waals surface area contributed by atoms with E-state index in [1.165, 1.54) is 17.6 Å². The molecule has 112 valence electrons. The van der Waals surface area contributed by atoms with Crippen molar-refractivity contribution in [3.8, 4) is 5.75 Å². The zero-order valence-corrected chi connectivity index (χ0v) is 13.4. The number of allylic oxidation sites excluding steroid dienone is 4. The van der Waals surface area contributed by atoms with Crippen LogP contribution in [0.3, 0.4) is 0 Å². The highest BCUT2D eigenvalue weighted by Gasteiger charge is 2.26. The molecule has 0 aromatic heterocycles. The fourth-order valence-electron chi connectivity index (χ4n) is 3.11. The van der Waals surface area contributed by atoms with Crippen molar-refractivity contribution < 1.29 is 9.90 Å². The average Bonchev–Trinajstić information content (AvgIpc) is 2.37. The number of phenols is 1. The lowest BCUT2D eigenvalue weighted by atomic mass is 9.72. The lowest BCUT2D eigenvalue weighted by Crippen LogP contribution is -2.19. The molecule has 0 atom stereocenters. The van der Waals surface area contributed by atoms with Crippen LogP contribution in [0.15, 0.2) is 41.5 Å². The summed E-state index contributed by atoms with van der Waals surface area (Å²) in [6.45, 7) is 8.49. The molecule has 0 spiro atoms. The van der Waals surface area contributed by atoms with Crippen molar-refractivity contribution in [3.63, 3.8) is 0 Å². The number of carbonyl (C=O) groups is 1. The summed E-state index contributed by atoms with van der Waals surface area (Å²) in [5, 5.41) is 9.89. The summed E-state index contributed by atoms with van der Waals surface area (Å²) in [6.07, 6.45) is 7.00. The number of hydrogen-bond acceptors (Lipinski definition) is 2. The average molecular weight is 284 g/mol. The molecular weight excluding hydrogens is 260 g/mol. The predicted molar refractivity (Wildman–Crippen MR) is 86.6 cm³/mol. The van der Waals surface area contributed by atoms with Gasteiger partial charge in [-0.25, -0.2) is 0 Å². The first-order valence-corrected chi connectivity index (χ1v) is 7.53. The summed E-state index contributed by atoms with van der Waals surface area (Å²) in [7, 11) is 0. The minimum absolute atomic E-state index is 0.0539. The number of ketones is 1. The van der Waals surface area contributed by atoms with Gasteiger partial charge in [0.25, 0.3) is 0 Å². The Hall–Kier alpha value is -1.83.